The second-order valence-electron chi connectivity index (χ2n) is 11.6. The summed E-state index contributed by atoms with van der Waals surface area (Å²) in [6.07, 6.45) is 29.2. The van der Waals surface area contributed by atoms with Crippen LogP contribution in [0.5, 0.6) is 0 Å². The number of aromatic amines is 1. The van der Waals surface area contributed by atoms with Crippen LogP contribution in [0, 0.1) is 0 Å². The Morgan fingerprint density at radius 2 is 1.23 bits per heavy atom. The highest BCUT2D eigenvalue weighted by Crippen LogP contribution is 2.20. The van der Waals surface area contributed by atoms with Gasteiger partial charge in [0, 0.05) is 23.5 Å². The first-order valence-electron chi connectivity index (χ1n) is 16.7. The first-order chi connectivity index (χ1) is 19.3. The number of esters is 1. The Labute approximate surface area is 240 Å². The van der Waals surface area contributed by atoms with E-state index in [0.717, 1.165) is 31.3 Å². The molecular weight excluding hydrogens is 480 g/mol. The van der Waals surface area contributed by atoms with Crippen LogP contribution in [0.1, 0.15) is 148 Å². The van der Waals surface area contributed by atoms with Crippen molar-refractivity contribution in [2.45, 2.75) is 155 Å². The number of H-pyrrole nitrogens is 1. The van der Waals surface area contributed by atoms with Crippen molar-refractivity contribution < 1.29 is 9.53 Å². The molecule has 222 valence electrons. The molecule has 2 aromatic rings. The molecule has 0 aliphatic heterocycles. The number of carbonyl (C=O) groups is 1. The average Bonchev–Trinajstić information content (AvgIpc) is 3.36. The molecule has 4 nitrogen and oxygen atoms in total. The molecule has 0 radical (unpaired) electrons. The van der Waals surface area contributed by atoms with Gasteiger partial charge < -0.3 is 15.0 Å². The summed E-state index contributed by atoms with van der Waals surface area (Å²) in [5.41, 5.74) is 2.30. The summed E-state index contributed by atoms with van der Waals surface area (Å²) in [5.74, 6) is -0.103. The van der Waals surface area contributed by atoms with Crippen molar-refractivity contribution in [3.05, 3.63) is 36.0 Å². The van der Waals surface area contributed by atoms with Crippen LogP contribution < -0.4 is 5.32 Å². The highest BCUT2D eigenvalue weighted by Gasteiger charge is 2.21. The quantitative estimate of drug-likeness (QED) is 0.0922. The minimum Gasteiger partial charge on any atom is -0.465 e. The third-order valence-corrected chi connectivity index (χ3v) is 8.05. The summed E-state index contributed by atoms with van der Waals surface area (Å²) in [4.78, 5) is 16.3. The van der Waals surface area contributed by atoms with Crippen molar-refractivity contribution >= 4 is 16.9 Å². The minimum absolute atomic E-state index is 0.103. The van der Waals surface area contributed by atoms with Gasteiger partial charge in [-0.2, -0.15) is 0 Å². The van der Waals surface area contributed by atoms with Gasteiger partial charge in [0.1, 0.15) is 6.04 Å². The third kappa shape index (κ3) is 15.5. The van der Waals surface area contributed by atoms with E-state index in [2.05, 4.69) is 42.3 Å². The third-order valence-electron chi connectivity index (χ3n) is 8.05. The van der Waals surface area contributed by atoms with Crippen LogP contribution in [0.4, 0.5) is 0 Å². The number of fused-ring (bicyclic) bond motifs is 1. The fourth-order valence-corrected chi connectivity index (χ4v) is 5.51. The molecule has 1 atom stereocenters. The van der Waals surface area contributed by atoms with E-state index in [0.29, 0.717) is 13.0 Å². The lowest BCUT2D eigenvalue weighted by atomic mass is 10.0. The van der Waals surface area contributed by atoms with Gasteiger partial charge in [-0.25, -0.2) is 0 Å². The number of ether oxygens (including phenoxy) is 1. The largest absolute Gasteiger partial charge is 0.465 e. The molecule has 2 N–H and O–H groups in total. The van der Waals surface area contributed by atoms with E-state index in [1.807, 2.05) is 12.3 Å². The number of carbonyl (C=O) groups excluding carboxylic acids is 1. The van der Waals surface area contributed by atoms with Crippen molar-refractivity contribution in [2.75, 3.05) is 13.2 Å². The zero-order chi connectivity index (χ0) is 27.8. The van der Waals surface area contributed by atoms with E-state index in [9.17, 15) is 4.79 Å². The summed E-state index contributed by atoms with van der Waals surface area (Å²) in [6, 6.07) is 8.03. The molecule has 1 aromatic carbocycles. The Kier molecular flexibility index (Phi) is 19.7. The summed E-state index contributed by atoms with van der Waals surface area (Å²) in [6.45, 7) is 5.89. The topological polar surface area (TPSA) is 54.1 Å². The SMILES string of the molecule is CCCCCCCCCCCCCCCCCCN[C@@H](Cc1c[nH]c2ccccc12)C(=O)OCCCCCC. The first-order valence-corrected chi connectivity index (χ1v) is 16.7. The minimum atomic E-state index is -0.285. The number of nitrogens with one attached hydrogen (secondary N) is 2. The van der Waals surface area contributed by atoms with Gasteiger partial charge in [0.2, 0.25) is 0 Å². The Balaban J connectivity index is 1.56. The second-order valence-corrected chi connectivity index (χ2v) is 11.6. The molecule has 0 aliphatic carbocycles. The Bertz CT molecular complexity index is 846. The predicted octanol–water partition coefficient (Wildman–Crippen LogP) is 10.1. The van der Waals surface area contributed by atoms with Gasteiger partial charge in [0.15, 0.2) is 0 Å². The molecule has 0 saturated carbocycles. The van der Waals surface area contributed by atoms with Crippen LogP contribution in [0.25, 0.3) is 10.9 Å². The summed E-state index contributed by atoms with van der Waals surface area (Å²) >= 11 is 0. The summed E-state index contributed by atoms with van der Waals surface area (Å²) in [5, 5.41) is 4.73. The van der Waals surface area contributed by atoms with Crippen molar-refractivity contribution in [2.24, 2.45) is 0 Å². The van der Waals surface area contributed by atoms with Gasteiger partial charge in [-0.05, 0) is 31.0 Å². The average molecular weight is 541 g/mol. The van der Waals surface area contributed by atoms with Gasteiger partial charge >= 0.3 is 5.97 Å². The highest BCUT2D eigenvalue weighted by molar-refractivity contribution is 5.84. The number of benzene rings is 1. The lowest BCUT2D eigenvalue weighted by Crippen LogP contribution is -2.40. The molecule has 0 spiro atoms. The normalized spacial score (nSPS) is 12.3. The van der Waals surface area contributed by atoms with Gasteiger partial charge in [0.05, 0.1) is 6.61 Å². The number of aromatic nitrogens is 1. The van der Waals surface area contributed by atoms with E-state index in [1.165, 1.54) is 120 Å². The smallest absolute Gasteiger partial charge is 0.323 e. The lowest BCUT2D eigenvalue weighted by Gasteiger charge is -2.18. The molecule has 1 heterocycles. The Morgan fingerprint density at radius 3 is 1.82 bits per heavy atom. The molecule has 0 bridgehead atoms. The van der Waals surface area contributed by atoms with E-state index in [1.54, 1.807) is 0 Å². The number of unbranched alkanes of at least 4 members (excludes halogenated alkanes) is 18. The molecule has 0 fully saturated rings. The van der Waals surface area contributed by atoms with Crippen molar-refractivity contribution in [1.29, 1.82) is 0 Å². The zero-order valence-electron chi connectivity index (χ0n) is 25.5. The molecule has 1 aromatic heterocycles. The fraction of sp³-hybridized carbons (Fsp3) is 0.743. The maximum Gasteiger partial charge on any atom is 0.323 e. The Morgan fingerprint density at radius 1 is 0.718 bits per heavy atom. The van der Waals surface area contributed by atoms with Crippen LogP contribution >= 0.6 is 0 Å². The molecule has 0 saturated heterocycles. The molecule has 0 aliphatic rings. The molecule has 0 unspecified atom stereocenters. The number of para-hydroxylation sites is 1. The van der Waals surface area contributed by atoms with Gasteiger partial charge in [-0.1, -0.05) is 148 Å². The Hall–Kier alpha value is -1.81. The van der Waals surface area contributed by atoms with Crippen LogP contribution in [0.2, 0.25) is 0 Å². The highest BCUT2D eigenvalue weighted by atomic mass is 16.5. The standard InChI is InChI=1S/C35H60N2O2/c1-3-5-7-9-10-11-12-13-14-15-16-17-18-19-20-23-27-36-34(35(38)39-28-24-8-6-4-2)29-31-30-37-33-26-22-21-25-32(31)33/h21-22,25-26,30,34,36-37H,3-20,23-24,27-29H2,1-2H3/t34-/m0/s1. The second kappa shape index (κ2) is 22.9. The van der Waals surface area contributed by atoms with Crippen LogP contribution in [0.15, 0.2) is 30.5 Å². The fourth-order valence-electron chi connectivity index (χ4n) is 5.51. The monoisotopic (exact) mass is 540 g/mol. The predicted molar refractivity (Wildman–Crippen MR) is 168 cm³/mol. The van der Waals surface area contributed by atoms with E-state index < -0.39 is 0 Å². The molecule has 2 rings (SSSR count). The van der Waals surface area contributed by atoms with Crippen molar-refractivity contribution in [1.82, 2.24) is 10.3 Å². The zero-order valence-corrected chi connectivity index (χ0v) is 25.5. The number of hydrogen-bond acceptors (Lipinski definition) is 3. The van der Waals surface area contributed by atoms with E-state index in [-0.39, 0.29) is 12.0 Å². The lowest BCUT2D eigenvalue weighted by molar-refractivity contribution is -0.146. The molecular formula is C35H60N2O2. The molecule has 39 heavy (non-hydrogen) atoms. The van der Waals surface area contributed by atoms with Gasteiger partial charge in [0.25, 0.3) is 0 Å². The van der Waals surface area contributed by atoms with E-state index in [4.69, 9.17) is 4.74 Å². The number of rotatable bonds is 26. The van der Waals surface area contributed by atoms with Crippen LogP contribution in [0.3, 0.4) is 0 Å². The van der Waals surface area contributed by atoms with Crippen LogP contribution in [-0.4, -0.2) is 30.1 Å². The maximum atomic E-state index is 12.9. The van der Waals surface area contributed by atoms with Crippen molar-refractivity contribution in [3.8, 4) is 0 Å². The maximum absolute atomic E-state index is 12.9. The van der Waals surface area contributed by atoms with Gasteiger partial charge in [-0.3, -0.25) is 4.79 Å². The molecule has 4 heteroatoms. The van der Waals surface area contributed by atoms with E-state index >= 15 is 0 Å². The van der Waals surface area contributed by atoms with Crippen molar-refractivity contribution in [3.63, 3.8) is 0 Å². The van der Waals surface area contributed by atoms with Gasteiger partial charge in [-0.15, -0.1) is 0 Å². The first kappa shape index (κ1) is 33.4. The molecule has 0 amide bonds. The summed E-state index contributed by atoms with van der Waals surface area (Å²) in [7, 11) is 0. The van der Waals surface area contributed by atoms with Crippen LogP contribution in [-0.2, 0) is 16.0 Å². The summed E-state index contributed by atoms with van der Waals surface area (Å²) < 4.78 is 5.68. The number of hydrogen-bond donors (Lipinski definition) is 2.